The van der Waals surface area contributed by atoms with Crippen molar-refractivity contribution in [2.75, 3.05) is 0 Å². The van der Waals surface area contributed by atoms with Gasteiger partial charge in [-0.05, 0) is 18.9 Å². The van der Waals surface area contributed by atoms with Crippen molar-refractivity contribution in [2.24, 2.45) is 0 Å². The lowest BCUT2D eigenvalue weighted by molar-refractivity contribution is -0.148. The molecule has 0 aliphatic heterocycles. The minimum Gasteiger partial charge on any atom is -0.458 e. The van der Waals surface area contributed by atoms with E-state index in [0.717, 1.165) is 18.4 Å². The molecule has 0 saturated carbocycles. The van der Waals surface area contributed by atoms with E-state index in [9.17, 15) is 4.79 Å². The molecule has 1 atom stereocenters. The monoisotopic (exact) mass is 388 g/mol. The summed E-state index contributed by atoms with van der Waals surface area (Å²) in [5, 5.41) is 0. The fourth-order valence-electron chi connectivity index (χ4n) is 3.69. The molecule has 0 amide bonds. The molecule has 0 radical (unpaired) electrons. The second-order valence-electron chi connectivity index (χ2n) is 8.24. The van der Waals surface area contributed by atoms with Crippen molar-refractivity contribution >= 4 is 5.97 Å². The number of carbonyl (C=O) groups excluding carboxylic acids is 1. The second-order valence-corrected chi connectivity index (χ2v) is 8.24. The molecule has 0 aliphatic rings. The third kappa shape index (κ3) is 13.8. The Balaban J connectivity index is 1.83. The van der Waals surface area contributed by atoms with E-state index >= 15 is 0 Å². The van der Waals surface area contributed by atoms with E-state index < -0.39 is 0 Å². The van der Waals surface area contributed by atoms with Crippen molar-refractivity contribution in [1.29, 1.82) is 0 Å². The molecule has 1 unspecified atom stereocenters. The maximum atomic E-state index is 11.9. The van der Waals surface area contributed by atoms with Crippen LogP contribution >= 0.6 is 0 Å². The third-order valence-corrected chi connectivity index (χ3v) is 5.56. The van der Waals surface area contributed by atoms with Crippen molar-refractivity contribution in [1.82, 2.24) is 0 Å². The van der Waals surface area contributed by atoms with Gasteiger partial charge in [0.2, 0.25) is 0 Å². The zero-order valence-corrected chi connectivity index (χ0v) is 18.6. The van der Waals surface area contributed by atoms with Gasteiger partial charge in [0.15, 0.2) is 0 Å². The number of esters is 1. The highest BCUT2D eigenvalue weighted by molar-refractivity contribution is 5.69. The Morgan fingerprint density at radius 1 is 0.714 bits per heavy atom. The molecule has 0 heterocycles. The van der Waals surface area contributed by atoms with Crippen LogP contribution in [-0.2, 0) is 9.53 Å². The van der Waals surface area contributed by atoms with Gasteiger partial charge in [-0.1, -0.05) is 127 Å². The van der Waals surface area contributed by atoms with E-state index in [-0.39, 0.29) is 12.1 Å². The Kier molecular flexibility index (Phi) is 15.7. The van der Waals surface area contributed by atoms with Gasteiger partial charge in [0.25, 0.3) is 0 Å². The zero-order chi connectivity index (χ0) is 20.3. The van der Waals surface area contributed by atoms with Gasteiger partial charge in [-0.3, -0.25) is 4.79 Å². The van der Waals surface area contributed by atoms with Crippen LogP contribution in [0, 0.1) is 0 Å². The first-order chi connectivity index (χ1) is 13.7. The molecule has 1 aromatic carbocycles. The first kappa shape index (κ1) is 24.7. The van der Waals surface area contributed by atoms with E-state index in [4.69, 9.17) is 4.74 Å². The second kappa shape index (κ2) is 17.8. The summed E-state index contributed by atoms with van der Waals surface area (Å²) >= 11 is 0. The van der Waals surface area contributed by atoms with Crippen LogP contribution in [0.4, 0.5) is 0 Å². The van der Waals surface area contributed by atoms with Gasteiger partial charge in [-0.25, -0.2) is 0 Å². The van der Waals surface area contributed by atoms with Crippen LogP contribution in [0.15, 0.2) is 30.3 Å². The summed E-state index contributed by atoms with van der Waals surface area (Å²) in [6.45, 7) is 4.22. The van der Waals surface area contributed by atoms with Crippen LogP contribution in [0.25, 0.3) is 0 Å². The first-order valence-electron chi connectivity index (χ1n) is 12.0. The molecule has 1 aromatic rings. The maximum Gasteiger partial charge on any atom is 0.306 e. The Bertz CT molecular complexity index is 469. The van der Waals surface area contributed by atoms with Crippen molar-refractivity contribution in [3.05, 3.63) is 35.9 Å². The molecular formula is C26H44O2. The number of ether oxygens (including phenoxy) is 1. The predicted octanol–water partition coefficient (Wildman–Crippen LogP) is 8.55. The molecule has 0 aliphatic carbocycles. The molecule has 0 bridgehead atoms. The largest absolute Gasteiger partial charge is 0.458 e. The number of hydrogen-bond acceptors (Lipinski definition) is 2. The summed E-state index contributed by atoms with van der Waals surface area (Å²) in [4.78, 5) is 11.9. The minimum absolute atomic E-state index is 0.0638. The third-order valence-electron chi connectivity index (χ3n) is 5.56. The van der Waals surface area contributed by atoms with Crippen LogP contribution in [0.1, 0.15) is 128 Å². The fourth-order valence-corrected chi connectivity index (χ4v) is 3.69. The van der Waals surface area contributed by atoms with Gasteiger partial charge in [0.05, 0.1) is 0 Å². The van der Waals surface area contributed by atoms with Crippen molar-refractivity contribution < 1.29 is 9.53 Å². The van der Waals surface area contributed by atoms with Crippen LogP contribution in [-0.4, -0.2) is 5.97 Å². The lowest BCUT2D eigenvalue weighted by atomic mass is 10.0. The highest BCUT2D eigenvalue weighted by Crippen LogP contribution is 2.18. The van der Waals surface area contributed by atoms with Gasteiger partial charge in [0.1, 0.15) is 6.10 Å². The number of benzene rings is 1. The number of rotatable bonds is 18. The van der Waals surface area contributed by atoms with Gasteiger partial charge in [-0.2, -0.15) is 0 Å². The zero-order valence-electron chi connectivity index (χ0n) is 18.6. The van der Waals surface area contributed by atoms with Crippen LogP contribution in [0.3, 0.4) is 0 Å². The lowest BCUT2D eigenvalue weighted by Crippen LogP contribution is -2.08. The molecule has 0 aromatic heterocycles. The SMILES string of the molecule is CCCCCCCCCCCCCCCCCC(=O)OC(C)c1ccccc1. The summed E-state index contributed by atoms with van der Waals surface area (Å²) in [7, 11) is 0. The molecule has 0 spiro atoms. The molecule has 0 N–H and O–H groups in total. The number of carbonyl (C=O) groups is 1. The molecule has 0 fully saturated rings. The quantitative estimate of drug-likeness (QED) is 0.186. The highest BCUT2D eigenvalue weighted by atomic mass is 16.5. The van der Waals surface area contributed by atoms with E-state index in [1.54, 1.807) is 0 Å². The van der Waals surface area contributed by atoms with Crippen LogP contribution < -0.4 is 0 Å². The normalized spacial score (nSPS) is 12.1. The molecule has 1 rings (SSSR count). The Hall–Kier alpha value is -1.31. The van der Waals surface area contributed by atoms with E-state index in [1.807, 2.05) is 37.3 Å². The molecule has 2 heteroatoms. The van der Waals surface area contributed by atoms with E-state index in [1.165, 1.54) is 83.5 Å². The molecule has 0 saturated heterocycles. The van der Waals surface area contributed by atoms with Crippen molar-refractivity contribution in [2.45, 2.75) is 123 Å². The van der Waals surface area contributed by atoms with Crippen molar-refractivity contribution in [3.63, 3.8) is 0 Å². The summed E-state index contributed by atoms with van der Waals surface area (Å²) in [5.74, 6) is -0.0638. The summed E-state index contributed by atoms with van der Waals surface area (Å²) in [5.41, 5.74) is 1.06. The Labute approximate surface area is 174 Å². The molecule has 28 heavy (non-hydrogen) atoms. The summed E-state index contributed by atoms with van der Waals surface area (Å²) in [6, 6.07) is 9.95. The number of hydrogen-bond donors (Lipinski definition) is 0. The summed E-state index contributed by atoms with van der Waals surface area (Å²) < 4.78 is 5.52. The highest BCUT2D eigenvalue weighted by Gasteiger charge is 2.10. The van der Waals surface area contributed by atoms with E-state index in [2.05, 4.69) is 6.92 Å². The first-order valence-corrected chi connectivity index (χ1v) is 12.0. The molecule has 2 nitrogen and oxygen atoms in total. The molecule has 160 valence electrons. The van der Waals surface area contributed by atoms with Crippen LogP contribution in [0.5, 0.6) is 0 Å². The number of unbranched alkanes of at least 4 members (excludes halogenated alkanes) is 14. The van der Waals surface area contributed by atoms with Crippen LogP contribution in [0.2, 0.25) is 0 Å². The minimum atomic E-state index is -0.148. The van der Waals surface area contributed by atoms with Gasteiger partial charge >= 0.3 is 5.97 Å². The van der Waals surface area contributed by atoms with Gasteiger partial charge in [-0.15, -0.1) is 0 Å². The summed E-state index contributed by atoms with van der Waals surface area (Å²) in [6.07, 6.45) is 20.5. The average Bonchev–Trinajstić information content (AvgIpc) is 2.71. The average molecular weight is 389 g/mol. The smallest absolute Gasteiger partial charge is 0.306 e. The Morgan fingerprint density at radius 2 is 1.14 bits per heavy atom. The van der Waals surface area contributed by atoms with Gasteiger partial charge < -0.3 is 4.74 Å². The predicted molar refractivity (Wildman–Crippen MR) is 120 cm³/mol. The standard InChI is InChI=1S/C26H44O2/c1-3-4-5-6-7-8-9-10-11-12-13-14-15-16-20-23-26(27)28-24(2)25-21-18-17-19-22-25/h17-19,21-22,24H,3-16,20,23H2,1-2H3. The van der Waals surface area contributed by atoms with Crippen molar-refractivity contribution in [3.8, 4) is 0 Å². The maximum absolute atomic E-state index is 11.9. The topological polar surface area (TPSA) is 26.3 Å². The van der Waals surface area contributed by atoms with E-state index in [0.29, 0.717) is 6.42 Å². The van der Waals surface area contributed by atoms with Gasteiger partial charge in [0, 0.05) is 6.42 Å². The molecular weight excluding hydrogens is 344 g/mol. The fraction of sp³-hybridized carbons (Fsp3) is 0.731. The lowest BCUT2D eigenvalue weighted by Gasteiger charge is -2.13. The Morgan fingerprint density at radius 3 is 1.61 bits per heavy atom.